The number of anilines is 1. The average Bonchev–Trinajstić information content (AvgIpc) is 2.96. The van der Waals surface area contributed by atoms with E-state index in [2.05, 4.69) is 10.3 Å². The molecule has 2 aromatic carbocycles. The van der Waals surface area contributed by atoms with Gasteiger partial charge in [0.1, 0.15) is 11.6 Å². The molecule has 0 saturated heterocycles. The lowest BCUT2D eigenvalue weighted by Gasteiger charge is -2.09. The fourth-order valence-electron chi connectivity index (χ4n) is 2.55. The van der Waals surface area contributed by atoms with Gasteiger partial charge in [-0.25, -0.2) is 9.37 Å². The molecule has 1 heterocycles. The number of ether oxygens (including phenoxy) is 1. The van der Waals surface area contributed by atoms with Crippen LogP contribution < -0.4 is 10.1 Å². The van der Waals surface area contributed by atoms with Crippen LogP contribution in [-0.2, 0) is 13.6 Å². The van der Waals surface area contributed by atoms with E-state index >= 15 is 0 Å². The SMILES string of the molecule is CCOc1ccc(-c2cnc(NCc3ccccc3F)n2C)cc1. The predicted molar refractivity (Wildman–Crippen MR) is 93.5 cm³/mol. The molecule has 3 rings (SSSR count). The standard InChI is InChI=1S/C19H20FN3O/c1-3-24-16-10-8-14(9-11-16)18-13-22-19(23(18)2)21-12-15-6-4-5-7-17(15)20/h4-11,13H,3,12H2,1-2H3,(H,21,22). The third-order valence-corrected chi connectivity index (χ3v) is 3.84. The molecule has 3 aromatic rings. The molecule has 0 radical (unpaired) electrons. The van der Waals surface area contributed by atoms with E-state index in [0.29, 0.717) is 24.7 Å². The van der Waals surface area contributed by atoms with Crippen molar-refractivity contribution >= 4 is 5.95 Å². The third kappa shape index (κ3) is 3.40. The Morgan fingerprint density at radius 1 is 1.12 bits per heavy atom. The fraction of sp³-hybridized carbons (Fsp3) is 0.211. The fourth-order valence-corrected chi connectivity index (χ4v) is 2.55. The van der Waals surface area contributed by atoms with Gasteiger partial charge in [0.2, 0.25) is 5.95 Å². The summed E-state index contributed by atoms with van der Waals surface area (Å²) in [7, 11) is 1.93. The first-order chi connectivity index (χ1) is 11.7. The van der Waals surface area contributed by atoms with Crippen LogP contribution in [0.5, 0.6) is 5.75 Å². The van der Waals surface area contributed by atoms with Crippen molar-refractivity contribution in [3.63, 3.8) is 0 Å². The molecule has 1 N–H and O–H groups in total. The van der Waals surface area contributed by atoms with E-state index in [0.717, 1.165) is 17.0 Å². The van der Waals surface area contributed by atoms with Crippen molar-refractivity contribution in [2.24, 2.45) is 7.05 Å². The van der Waals surface area contributed by atoms with E-state index in [-0.39, 0.29) is 5.82 Å². The summed E-state index contributed by atoms with van der Waals surface area (Å²) in [4.78, 5) is 4.39. The van der Waals surface area contributed by atoms with Gasteiger partial charge in [0.05, 0.1) is 18.5 Å². The number of aromatic nitrogens is 2. The maximum absolute atomic E-state index is 13.7. The number of nitrogens with zero attached hydrogens (tertiary/aromatic N) is 2. The first-order valence-electron chi connectivity index (χ1n) is 7.91. The summed E-state index contributed by atoms with van der Waals surface area (Å²) in [5.74, 6) is 1.33. The Hall–Kier alpha value is -2.82. The topological polar surface area (TPSA) is 39.1 Å². The molecule has 0 fully saturated rings. The quantitative estimate of drug-likeness (QED) is 0.737. The molecule has 4 nitrogen and oxygen atoms in total. The Kier molecular flexibility index (Phi) is 4.79. The monoisotopic (exact) mass is 325 g/mol. The van der Waals surface area contributed by atoms with Gasteiger partial charge in [-0.2, -0.15) is 0 Å². The number of benzene rings is 2. The van der Waals surface area contributed by atoms with Gasteiger partial charge in [-0.05, 0) is 37.3 Å². The molecular formula is C19H20FN3O. The second kappa shape index (κ2) is 7.17. The highest BCUT2D eigenvalue weighted by Crippen LogP contribution is 2.24. The highest BCUT2D eigenvalue weighted by Gasteiger charge is 2.09. The normalized spacial score (nSPS) is 10.6. The highest BCUT2D eigenvalue weighted by molar-refractivity contribution is 5.62. The number of hydrogen-bond donors (Lipinski definition) is 1. The lowest BCUT2D eigenvalue weighted by Crippen LogP contribution is -2.06. The van der Waals surface area contributed by atoms with Crippen LogP contribution in [0.3, 0.4) is 0 Å². The van der Waals surface area contributed by atoms with Crippen LogP contribution in [0.2, 0.25) is 0 Å². The zero-order chi connectivity index (χ0) is 16.9. The summed E-state index contributed by atoms with van der Waals surface area (Å²) < 4.78 is 21.1. The lowest BCUT2D eigenvalue weighted by molar-refractivity contribution is 0.340. The van der Waals surface area contributed by atoms with Crippen molar-refractivity contribution in [1.29, 1.82) is 0 Å². The molecule has 0 saturated carbocycles. The summed E-state index contributed by atoms with van der Waals surface area (Å²) in [6.45, 7) is 3.00. The molecule has 24 heavy (non-hydrogen) atoms. The first kappa shape index (κ1) is 16.1. The number of imidazole rings is 1. The van der Waals surface area contributed by atoms with Crippen molar-refractivity contribution < 1.29 is 9.13 Å². The summed E-state index contributed by atoms with van der Waals surface area (Å²) in [6.07, 6.45) is 1.80. The van der Waals surface area contributed by atoms with Gasteiger partial charge in [-0.3, -0.25) is 0 Å². The van der Waals surface area contributed by atoms with Crippen molar-refractivity contribution in [2.75, 3.05) is 11.9 Å². The molecule has 124 valence electrons. The summed E-state index contributed by atoms with van der Waals surface area (Å²) in [5, 5.41) is 3.18. The van der Waals surface area contributed by atoms with Gasteiger partial charge in [0.25, 0.3) is 0 Å². The predicted octanol–water partition coefficient (Wildman–Crippen LogP) is 4.24. The van der Waals surface area contributed by atoms with Crippen LogP contribution in [0.25, 0.3) is 11.3 Å². The van der Waals surface area contributed by atoms with Crippen molar-refractivity contribution in [2.45, 2.75) is 13.5 Å². The number of halogens is 1. The minimum atomic E-state index is -0.217. The van der Waals surface area contributed by atoms with Gasteiger partial charge in [-0.15, -0.1) is 0 Å². The minimum Gasteiger partial charge on any atom is -0.494 e. The first-order valence-corrected chi connectivity index (χ1v) is 7.91. The van der Waals surface area contributed by atoms with Crippen LogP contribution in [0.4, 0.5) is 10.3 Å². The Morgan fingerprint density at radius 3 is 2.58 bits per heavy atom. The molecule has 0 aliphatic rings. The molecule has 0 aliphatic heterocycles. The molecule has 0 atom stereocenters. The van der Waals surface area contributed by atoms with Gasteiger partial charge >= 0.3 is 0 Å². The molecule has 1 aromatic heterocycles. The molecule has 0 unspecified atom stereocenters. The summed E-state index contributed by atoms with van der Waals surface area (Å²) >= 11 is 0. The van der Waals surface area contributed by atoms with Gasteiger partial charge in [0.15, 0.2) is 0 Å². The van der Waals surface area contributed by atoms with Gasteiger partial charge in [-0.1, -0.05) is 18.2 Å². The van der Waals surface area contributed by atoms with Crippen LogP contribution >= 0.6 is 0 Å². The van der Waals surface area contributed by atoms with Crippen molar-refractivity contribution in [1.82, 2.24) is 9.55 Å². The Labute approximate surface area is 140 Å². The summed E-state index contributed by atoms with van der Waals surface area (Å²) in [5.41, 5.74) is 2.64. The second-order valence-electron chi connectivity index (χ2n) is 5.43. The van der Waals surface area contributed by atoms with Crippen LogP contribution in [0.15, 0.2) is 54.7 Å². The Morgan fingerprint density at radius 2 is 1.88 bits per heavy atom. The van der Waals surface area contributed by atoms with E-state index in [4.69, 9.17) is 4.74 Å². The van der Waals surface area contributed by atoms with Gasteiger partial charge in [0, 0.05) is 24.7 Å². The minimum absolute atomic E-state index is 0.217. The molecular weight excluding hydrogens is 305 g/mol. The lowest BCUT2D eigenvalue weighted by atomic mass is 10.1. The van der Waals surface area contributed by atoms with Gasteiger partial charge < -0.3 is 14.6 Å². The number of hydrogen-bond acceptors (Lipinski definition) is 3. The number of rotatable bonds is 6. The van der Waals surface area contributed by atoms with E-state index < -0.39 is 0 Å². The van der Waals surface area contributed by atoms with Crippen molar-refractivity contribution in [3.8, 4) is 17.0 Å². The van der Waals surface area contributed by atoms with E-state index in [9.17, 15) is 4.39 Å². The Bertz CT molecular complexity index is 812. The average molecular weight is 325 g/mol. The van der Waals surface area contributed by atoms with E-state index in [1.165, 1.54) is 6.07 Å². The Balaban J connectivity index is 1.75. The zero-order valence-corrected chi connectivity index (χ0v) is 13.8. The maximum Gasteiger partial charge on any atom is 0.203 e. The zero-order valence-electron chi connectivity index (χ0n) is 13.8. The third-order valence-electron chi connectivity index (χ3n) is 3.84. The molecule has 0 amide bonds. The number of nitrogens with one attached hydrogen (secondary N) is 1. The molecule has 0 aliphatic carbocycles. The van der Waals surface area contributed by atoms with Crippen LogP contribution in [0, 0.1) is 5.82 Å². The molecule has 0 bridgehead atoms. The van der Waals surface area contributed by atoms with E-state index in [1.54, 1.807) is 18.3 Å². The second-order valence-corrected chi connectivity index (χ2v) is 5.43. The smallest absolute Gasteiger partial charge is 0.203 e. The largest absolute Gasteiger partial charge is 0.494 e. The molecule has 0 spiro atoms. The van der Waals surface area contributed by atoms with Crippen LogP contribution in [-0.4, -0.2) is 16.2 Å². The summed E-state index contributed by atoms with van der Waals surface area (Å²) in [6, 6.07) is 14.6. The van der Waals surface area contributed by atoms with Crippen molar-refractivity contribution in [3.05, 3.63) is 66.1 Å². The highest BCUT2D eigenvalue weighted by atomic mass is 19.1. The maximum atomic E-state index is 13.7. The van der Waals surface area contributed by atoms with E-state index in [1.807, 2.05) is 48.9 Å². The molecule has 5 heteroatoms. The van der Waals surface area contributed by atoms with Crippen LogP contribution in [0.1, 0.15) is 12.5 Å².